The van der Waals surface area contributed by atoms with E-state index >= 15 is 0 Å². The van der Waals surface area contributed by atoms with Gasteiger partial charge < -0.3 is 15.2 Å². The van der Waals surface area contributed by atoms with Crippen molar-refractivity contribution in [2.45, 2.75) is 33.5 Å². The van der Waals surface area contributed by atoms with Gasteiger partial charge in [-0.05, 0) is 11.5 Å². The maximum absolute atomic E-state index is 11.8. The van der Waals surface area contributed by atoms with Gasteiger partial charge in [-0.3, -0.25) is 4.79 Å². The quantitative estimate of drug-likeness (QED) is 0.714. The van der Waals surface area contributed by atoms with Crippen molar-refractivity contribution in [2.75, 3.05) is 13.1 Å². The molecular weight excluding hydrogens is 254 g/mol. The molecule has 0 fully saturated rings. The van der Waals surface area contributed by atoms with Gasteiger partial charge in [0, 0.05) is 13.1 Å². The molecule has 4 nitrogen and oxygen atoms in total. The third kappa shape index (κ3) is 6.17. The van der Waals surface area contributed by atoms with Crippen LogP contribution >= 0.6 is 0 Å². The van der Waals surface area contributed by atoms with Crippen molar-refractivity contribution < 1.29 is 14.6 Å². The summed E-state index contributed by atoms with van der Waals surface area (Å²) in [5.41, 5.74) is 0.983. The number of carbonyl (C=O) groups excluding carboxylic acids is 1. The second-order valence-corrected chi connectivity index (χ2v) is 5.46. The zero-order chi connectivity index (χ0) is 15.0. The fourth-order valence-corrected chi connectivity index (χ4v) is 1.64. The van der Waals surface area contributed by atoms with Gasteiger partial charge >= 0.3 is 5.97 Å². The van der Waals surface area contributed by atoms with E-state index in [1.807, 2.05) is 51.1 Å². The van der Waals surface area contributed by atoms with Crippen LogP contribution in [0.5, 0.6) is 0 Å². The minimum Gasteiger partial charge on any atom is -0.461 e. The molecule has 0 aliphatic rings. The third-order valence-corrected chi connectivity index (χ3v) is 3.20. The molecule has 0 saturated carbocycles. The summed E-state index contributed by atoms with van der Waals surface area (Å²) in [5, 5.41) is 12.7. The Morgan fingerprint density at radius 2 is 1.85 bits per heavy atom. The van der Waals surface area contributed by atoms with Gasteiger partial charge in [0.25, 0.3) is 0 Å². The van der Waals surface area contributed by atoms with E-state index in [1.165, 1.54) is 0 Å². The van der Waals surface area contributed by atoms with Gasteiger partial charge in [-0.25, -0.2) is 0 Å². The molecule has 1 aromatic carbocycles. The van der Waals surface area contributed by atoms with Gasteiger partial charge in [0.05, 0.1) is 12.0 Å². The minimum atomic E-state index is -0.387. The number of ether oxygens (including phenoxy) is 1. The molecule has 0 spiro atoms. The van der Waals surface area contributed by atoms with Crippen molar-refractivity contribution >= 4 is 5.97 Å². The Bertz CT molecular complexity index is 392. The number of aliphatic hydroxyl groups excluding tert-OH is 1. The lowest BCUT2D eigenvalue weighted by atomic mass is 10.1. The second kappa shape index (κ2) is 8.72. The highest BCUT2D eigenvalue weighted by atomic mass is 16.5. The Labute approximate surface area is 121 Å². The number of esters is 1. The van der Waals surface area contributed by atoms with E-state index in [-0.39, 0.29) is 23.9 Å². The van der Waals surface area contributed by atoms with Crippen LogP contribution in [0.15, 0.2) is 30.3 Å². The molecule has 0 radical (unpaired) electrons. The first-order chi connectivity index (χ1) is 9.50. The molecule has 1 aromatic rings. The molecule has 1 rings (SSSR count). The average molecular weight is 279 g/mol. The smallest absolute Gasteiger partial charge is 0.310 e. The normalized spacial score (nSPS) is 14.1. The Balaban J connectivity index is 2.22. The van der Waals surface area contributed by atoms with Crippen LogP contribution in [0.25, 0.3) is 0 Å². The highest BCUT2D eigenvalue weighted by molar-refractivity contribution is 5.72. The molecule has 0 aliphatic carbocycles. The number of benzene rings is 1. The summed E-state index contributed by atoms with van der Waals surface area (Å²) >= 11 is 0. The van der Waals surface area contributed by atoms with Crippen molar-refractivity contribution in [2.24, 2.45) is 11.8 Å². The fourth-order valence-electron chi connectivity index (χ4n) is 1.64. The maximum atomic E-state index is 11.8. The van der Waals surface area contributed by atoms with Gasteiger partial charge in [-0.1, -0.05) is 51.1 Å². The topological polar surface area (TPSA) is 58.6 Å². The lowest BCUT2D eigenvalue weighted by Crippen LogP contribution is -2.35. The van der Waals surface area contributed by atoms with Crippen molar-refractivity contribution in [1.29, 1.82) is 0 Å². The summed E-state index contributed by atoms with van der Waals surface area (Å²) in [6.07, 6.45) is -0.387. The van der Waals surface area contributed by atoms with E-state index in [0.717, 1.165) is 5.56 Å². The van der Waals surface area contributed by atoms with Crippen molar-refractivity contribution in [3.05, 3.63) is 35.9 Å². The highest BCUT2D eigenvalue weighted by Gasteiger charge is 2.15. The number of carbonyl (C=O) groups is 1. The molecule has 0 amide bonds. The molecule has 2 N–H and O–H groups in total. The van der Waals surface area contributed by atoms with Crippen LogP contribution in [0.3, 0.4) is 0 Å². The summed E-state index contributed by atoms with van der Waals surface area (Å²) in [6.45, 7) is 7.06. The van der Waals surface area contributed by atoms with Crippen molar-refractivity contribution in [1.82, 2.24) is 5.32 Å². The molecule has 20 heavy (non-hydrogen) atoms. The van der Waals surface area contributed by atoms with Crippen LogP contribution < -0.4 is 5.32 Å². The maximum Gasteiger partial charge on any atom is 0.310 e. The minimum absolute atomic E-state index is 0.211. The van der Waals surface area contributed by atoms with E-state index in [1.54, 1.807) is 0 Å². The Morgan fingerprint density at radius 3 is 2.45 bits per heavy atom. The monoisotopic (exact) mass is 279 g/mol. The lowest BCUT2D eigenvalue weighted by molar-refractivity contribution is -0.149. The van der Waals surface area contributed by atoms with Gasteiger partial charge in [0.2, 0.25) is 0 Å². The summed E-state index contributed by atoms with van der Waals surface area (Å²) < 4.78 is 5.25. The second-order valence-electron chi connectivity index (χ2n) is 5.46. The average Bonchev–Trinajstić information content (AvgIpc) is 2.45. The lowest BCUT2D eigenvalue weighted by Gasteiger charge is -2.17. The third-order valence-electron chi connectivity index (χ3n) is 3.20. The SMILES string of the molecule is CC(CNCC(O)C(C)C)C(=O)OCc1ccccc1. The van der Waals surface area contributed by atoms with Gasteiger partial charge in [0.15, 0.2) is 0 Å². The van der Waals surface area contributed by atoms with E-state index in [2.05, 4.69) is 5.32 Å². The Kier molecular flexibility index (Phi) is 7.26. The van der Waals surface area contributed by atoms with Crippen LogP contribution in [-0.2, 0) is 16.1 Å². The van der Waals surface area contributed by atoms with Gasteiger partial charge in [-0.2, -0.15) is 0 Å². The summed E-state index contributed by atoms with van der Waals surface area (Å²) in [4.78, 5) is 11.8. The Morgan fingerprint density at radius 1 is 1.20 bits per heavy atom. The molecule has 2 atom stereocenters. The standard InChI is InChI=1S/C16H25NO3/c1-12(2)15(18)10-17-9-13(3)16(19)20-11-14-7-5-4-6-8-14/h4-8,12-13,15,17-18H,9-11H2,1-3H3. The molecule has 0 saturated heterocycles. The fraction of sp³-hybridized carbons (Fsp3) is 0.562. The number of hydrogen-bond donors (Lipinski definition) is 2. The molecule has 0 aromatic heterocycles. The molecule has 4 heteroatoms. The van der Waals surface area contributed by atoms with E-state index in [0.29, 0.717) is 19.7 Å². The van der Waals surface area contributed by atoms with Crippen LogP contribution in [0.4, 0.5) is 0 Å². The zero-order valence-corrected chi connectivity index (χ0v) is 12.5. The first-order valence-electron chi connectivity index (χ1n) is 7.10. The Hall–Kier alpha value is -1.39. The first-order valence-corrected chi connectivity index (χ1v) is 7.10. The predicted octanol–water partition coefficient (Wildman–Crippen LogP) is 1.97. The number of rotatable bonds is 8. The van der Waals surface area contributed by atoms with Gasteiger partial charge in [0.1, 0.15) is 6.61 Å². The van der Waals surface area contributed by atoms with E-state index in [9.17, 15) is 9.90 Å². The molecule has 112 valence electrons. The molecule has 2 unspecified atom stereocenters. The molecule has 0 aliphatic heterocycles. The van der Waals surface area contributed by atoms with E-state index in [4.69, 9.17) is 4.74 Å². The number of nitrogens with one attached hydrogen (secondary N) is 1. The summed E-state index contributed by atoms with van der Waals surface area (Å²) in [5.74, 6) is -0.235. The van der Waals surface area contributed by atoms with Crippen LogP contribution in [0, 0.1) is 11.8 Å². The largest absolute Gasteiger partial charge is 0.461 e. The number of hydrogen-bond acceptors (Lipinski definition) is 4. The predicted molar refractivity (Wildman–Crippen MR) is 79.1 cm³/mol. The molecular formula is C16H25NO3. The first kappa shape index (κ1) is 16.7. The molecule has 0 bridgehead atoms. The van der Waals surface area contributed by atoms with Crippen molar-refractivity contribution in [3.63, 3.8) is 0 Å². The van der Waals surface area contributed by atoms with Gasteiger partial charge in [-0.15, -0.1) is 0 Å². The number of aliphatic hydroxyl groups is 1. The van der Waals surface area contributed by atoms with Crippen LogP contribution in [-0.4, -0.2) is 30.3 Å². The van der Waals surface area contributed by atoms with E-state index < -0.39 is 0 Å². The zero-order valence-electron chi connectivity index (χ0n) is 12.5. The van der Waals surface area contributed by atoms with Crippen molar-refractivity contribution in [3.8, 4) is 0 Å². The summed E-state index contributed by atoms with van der Waals surface area (Å²) in [6, 6.07) is 9.62. The summed E-state index contributed by atoms with van der Waals surface area (Å²) in [7, 11) is 0. The van der Waals surface area contributed by atoms with Crippen LogP contribution in [0.1, 0.15) is 26.3 Å². The highest BCUT2D eigenvalue weighted by Crippen LogP contribution is 2.05. The van der Waals surface area contributed by atoms with Crippen LogP contribution in [0.2, 0.25) is 0 Å². The molecule has 0 heterocycles.